The Bertz CT molecular complexity index is 321. The number of aryl methyl sites for hydroxylation is 1. The number of amides is 1. The van der Waals surface area contributed by atoms with Crippen molar-refractivity contribution < 1.29 is 4.79 Å². The third-order valence-corrected chi connectivity index (χ3v) is 2.51. The molecule has 0 aliphatic rings. The van der Waals surface area contributed by atoms with Crippen LogP contribution in [0.2, 0.25) is 0 Å². The molecule has 0 radical (unpaired) electrons. The van der Waals surface area contributed by atoms with Crippen LogP contribution >= 0.6 is 12.6 Å². The van der Waals surface area contributed by atoms with Crippen molar-refractivity contribution in [3.05, 3.63) is 29.8 Å². The average Bonchev–Trinajstić information content (AvgIpc) is 2.22. The number of hydrogen-bond acceptors (Lipinski definition) is 2. The van der Waals surface area contributed by atoms with Crippen molar-refractivity contribution in [1.29, 1.82) is 0 Å². The Morgan fingerprint density at radius 1 is 1.33 bits per heavy atom. The van der Waals surface area contributed by atoms with Gasteiger partial charge in [0.05, 0.1) is 0 Å². The molecule has 3 heteroatoms. The number of carbonyl (C=O) groups is 1. The fraction of sp³-hybridized carbons (Fsp3) is 0.417. The summed E-state index contributed by atoms with van der Waals surface area (Å²) >= 11 is 4.07. The van der Waals surface area contributed by atoms with Crippen LogP contribution in [-0.4, -0.2) is 18.2 Å². The zero-order valence-corrected chi connectivity index (χ0v) is 10.1. The van der Waals surface area contributed by atoms with E-state index in [9.17, 15) is 4.79 Å². The predicted octanol–water partition coefficient (Wildman–Crippen LogP) is 2.67. The van der Waals surface area contributed by atoms with Crippen molar-refractivity contribution in [3.63, 3.8) is 0 Å². The van der Waals surface area contributed by atoms with Crippen LogP contribution in [-0.2, 0) is 4.79 Å². The maximum atomic E-state index is 11.7. The molecule has 0 saturated carbocycles. The van der Waals surface area contributed by atoms with Gasteiger partial charge >= 0.3 is 0 Å². The number of thiol groups is 1. The summed E-state index contributed by atoms with van der Waals surface area (Å²) < 4.78 is 0. The standard InChI is InChI=1S/C12H17NOS/c1-3-13(12(14)8-9-15)11-6-4-10(2)5-7-11/h4-7,15H,3,8-9H2,1-2H3. The lowest BCUT2D eigenvalue weighted by molar-refractivity contribution is -0.118. The highest BCUT2D eigenvalue weighted by atomic mass is 32.1. The van der Waals surface area contributed by atoms with Crippen molar-refractivity contribution in [3.8, 4) is 0 Å². The molecule has 0 N–H and O–H groups in total. The number of rotatable bonds is 4. The molecule has 0 atom stereocenters. The summed E-state index contributed by atoms with van der Waals surface area (Å²) in [5.74, 6) is 0.734. The number of benzene rings is 1. The van der Waals surface area contributed by atoms with Gasteiger partial charge in [0.25, 0.3) is 0 Å². The van der Waals surface area contributed by atoms with Crippen LogP contribution in [0.15, 0.2) is 24.3 Å². The van der Waals surface area contributed by atoms with Gasteiger partial charge in [-0.1, -0.05) is 17.7 Å². The summed E-state index contributed by atoms with van der Waals surface area (Å²) in [6.07, 6.45) is 0.491. The quantitative estimate of drug-likeness (QED) is 0.778. The van der Waals surface area contributed by atoms with Crippen molar-refractivity contribution in [1.82, 2.24) is 0 Å². The van der Waals surface area contributed by atoms with E-state index in [2.05, 4.69) is 12.6 Å². The Kier molecular flexibility index (Phi) is 4.69. The first-order valence-corrected chi connectivity index (χ1v) is 5.80. The van der Waals surface area contributed by atoms with Gasteiger partial charge in [0.1, 0.15) is 0 Å². The average molecular weight is 223 g/mol. The van der Waals surface area contributed by atoms with Gasteiger partial charge < -0.3 is 4.90 Å². The van der Waals surface area contributed by atoms with Crippen LogP contribution in [0.5, 0.6) is 0 Å². The third kappa shape index (κ3) is 3.27. The Morgan fingerprint density at radius 2 is 1.93 bits per heavy atom. The van der Waals surface area contributed by atoms with E-state index in [0.717, 1.165) is 5.69 Å². The molecular formula is C12H17NOS. The Morgan fingerprint density at radius 3 is 2.40 bits per heavy atom. The SMILES string of the molecule is CCN(C(=O)CCS)c1ccc(C)cc1. The van der Waals surface area contributed by atoms with E-state index in [-0.39, 0.29) is 5.91 Å². The first-order valence-electron chi connectivity index (χ1n) is 5.17. The normalized spacial score (nSPS) is 10.1. The first kappa shape index (κ1) is 12.1. The Balaban J connectivity index is 2.82. The van der Waals surface area contributed by atoms with Crippen molar-refractivity contribution in [2.24, 2.45) is 0 Å². The van der Waals surface area contributed by atoms with Crippen LogP contribution in [0.25, 0.3) is 0 Å². The van der Waals surface area contributed by atoms with Crippen molar-refractivity contribution in [2.75, 3.05) is 17.2 Å². The molecule has 0 bridgehead atoms. The van der Waals surface area contributed by atoms with Gasteiger partial charge in [-0.3, -0.25) is 4.79 Å². The summed E-state index contributed by atoms with van der Waals surface area (Å²) in [5.41, 5.74) is 2.17. The second-order valence-electron chi connectivity index (χ2n) is 3.45. The van der Waals surface area contributed by atoms with Crippen molar-refractivity contribution in [2.45, 2.75) is 20.3 Å². The molecule has 0 spiro atoms. The van der Waals surface area contributed by atoms with E-state index in [1.165, 1.54) is 5.56 Å². The highest BCUT2D eigenvalue weighted by molar-refractivity contribution is 7.80. The largest absolute Gasteiger partial charge is 0.313 e. The van der Waals surface area contributed by atoms with Crippen LogP contribution in [0.3, 0.4) is 0 Å². The van der Waals surface area contributed by atoms with Crippen molar-refractivity contribution >= 4 is 24.2 Å². The zero-order chi connectivity index (χ0) is 11.3. The molecule has 1 amide bonds. The summed E-state index contributed by atoms with van der Waals surface area (Å²) in [5, 5.41) is 0. The minimum absolute atomic E-state index is 0.136. The minimum Gasteiger partial charge on any atom is -0.313 e. The summed E-state index contributed by atoms with van der Waals surface area (Å²) in [6, 6.07) is 8.00. The molecule has 0 aliphatic heterocycles. The molecule has 0 fully saturated rings. The first-order chi connectivity index (χ1) is 7.19. The van der Waals surface area contributed by atoms with E-state index < -0.39 is 0 Å². The number of nitrogens with zero attached hydrogens (tertiary/aromatic N) is 1. The van der Waals surface area contributed by atoms with E-state index >= 15 is 0 Å². The van der Waals surface area contributed by atoms with Crippen LogP contribution in [0.4, 0.5) is 5.69 Å². The molecule has 1 aromatic carbocycles. The maximum Gasteiger partial charge on any atom is 0.227 e. The lowest BCUT2D eigenvalue weighted by Crippen LogP contribution is -2.30. The fourth-order valence-corrected chi connectivity index (χ4v) is 1.65. The molecule has 2 nitrogen and oxygen atoms in total. The fourth-order valence-electron chi connectivity index (χ4n) is 1.46. The Labute approximate surface area is 96.7 Å². The second kappa shape index (κ2) is 5.81. The van der Waals surface area contributed by atoms with E-state index in [1.54, 1.807) is 4.90 Å². The number of carbonyl (C=O) groups excluding carboxylic acids is 1. The van der Waals surface area contributed by atoms with Gasteiger partial charge in [0, 0.05) is 18.7 Å². The lowest BCUT2D eigenvalue weighted by atomic mass is 10.2. The molecule has 0 heterocycles. The predicted molar refractivity (Wildman–Crippen MR) is 67.7 cm³/mol. The molecule has 0 unspecified atom stereocenters. The zero-order valence-electron chi connectivity index (χ0n) is 9.23. The van der Waals surface area contributed by atoms with Crippen LogP contribution in [0.1, 0.15) is 18.9 Å². The van der Waals surface area contributed by atoms with Gasteiger partial charge in [0.2, 0.25) is 5.91 Å². The van der Waals surface area contributed by atoms with E-state index in [4.69, 9.17) is 0 Å². The molecule has 0 saturated heterocycles. The van der Waals surface area contributed by atoms with Gasteiger partial charge in [0.15, 0.2) is 0 Å². The molecule has 1 rings (SSSR count). The Hall–Kier alpha value is -0.960. The molecule has 82 valence electrons. The lowest BCUT2D eigenvalue weighted by Gasteiger charge is -2.20. The molecule has 0 aliphatic carbocycles. The molecule has 15 heavy (non-hydrogen) atoms. The van der Waals surface area contributed by atoms with E-state index in [1.807, 2.05) is 38.1 Å². The summed E-state index contributed by atoms with van der Waals surface area (Å²) in [4.78, 5) is 13.5. The van der Waals surface area contributed by atoms with Gasteiger partial charge in [-0.05, 0) is 31.7 Å². The highest BCUT2D eigenvalue weighted by Crippen LogP contribution is 2.15. The number of anilines is 1. The van der Waals surface area contributed by atoms with E-state index in [0.29, 0.717) is 18.7 Å². The summed E-state index contributed by atoms with van der Waals surface area (Å²) in [7, 11) is 0. The van der Waals surface area contributed by atoms with Crippen LogP contribution < -0.4 is 4.90 Å². The monoisotopic (exact) mass is 223 g/mol. The number of hydrogen-bond donors (Lipinski definition) is 1. The maximum absolute atomic E-state index is 11.7. The third-order valence-electron chi connectivity index (χ3n) is 2.29. The minimum atomic E-state index is 0.136. The van der Waals surface area contributed by atoms with Gasteiger partial charge in [-0.25, -0.2) is 0 Å². The van der Waals surface area contributed by atoms with Gasteiger partial charge in [-0.15, -0.1) is 0 Å². The van der Waals surface area contributed by atoms with Gasteiger partial charge in [-0.2, -0.15) is 12.6 Å². The highest BCUT2D eigenvalue weighted by Gasteiger charge is 2.11. The summed E-state index contributed by atoms with van der Waals surface area (Å²) in [6.45, 7) is 4.72. The molecule has 1 aromatic rings. The topological polar surface area (TPSA) is 20.3 Å². The second-order valence-corrected chi connectivity index (χ2v) is 3.89. The van der Waals surface area contributed by atoms with Crippen LogP contribution in [0, 0.1) is 6.92 Å². The smallest absolute Gasteiger partial charge is 0.227 e. The molecule has 0 aromatic heterocycles. The molecular weight excluding hydrogens is 206 g/mol.